The van der Waals surface area contributed by atoms with Crippen molar-refractivity contribution in [3.63, 3.8) is 0 Å². The van der Waals surface area contributed by atoms with Gasteiger partial charge in [-0.05, 0) is 31.0 Å². The normalized spacial score (nSPS) is 12.8. The summed E-state index contributed by atoms with van der Waals surface area (Å²) in [6.07, 6.45) is -2.82. The third-order valence-electron chi connectivity index (χ3n) is 3.59. The Hall–Kier alpha value is -1.92. The van der Waals surface area contributed by atoms with Gasteiger partial charge in [-0.1, -0.05) is 19.0 Å². The molecule has 1 aromatic carbocycles. The Balaban J connectivity index is 3.35. The summed E-state index contributed by atoms with van der Waals surface area (Å²) in [7, 11) is 1.82. The first-order valence-corrected chi connectivity index (χ1v) is 6.68. The van der Waals surface area contributed by atoms with E-state index in [4.69, 9.17) is 10.9 Å². The SMILES string of the molecule is CCC(CC)N(C)c1ccc(C(F)(F)F)c(/C(N)=N/O)c1. The first kappa shape index (κ1) is 17.1. The molecule has 0 bridgehead atoms. The van der Waals surface area contributed by atoms with Crippen molar-refractivity contribution >= 4 is 11.5 Å². The van der Waals surface area contributed by atoms with Crippen LogP contribution in [0.4, 0.5) is 18.9 Å². The lowest BCUT2D eigenvalue weighted by atomic mass is 10.0. The zero-order valence-corrected chi connectivity index (χ0v) is 12.3. The smallest absolute Gasteiger partial charge is 0.409 e. The van der Waals surface area contributed by atoms with Crippen LogP contribution < -0.4 is 10.6 Å². The van der Waals surface area contributed by atoms with Crippen molar-refractivity contribution in [2.75, 3.05) is 11.9 Å². The van der Waals surface area contributed by atoms with Crippen LogP contribution in [0.2, 0.25) is 0 Å². The van der Waals surface area contributed by atoms with Gasteiger partial charge in [0, 0.05) is 24.3 Å². The molecule has 0 heterocycles. The van der Waals surface area contributed by atoms with Gasteiger partial charge in [-0.3, -0.25) is 0 Å². The molecule has 1 rings (SSSR count). The van der Waals surface area contributed by atoms with Gasteiger partial charge in [0.15, 0.2) is 5.84 Å². The lowest BCUT2D eigenvalue weighted by Gasteiger charge is -2.29. The predicted octanol–water partition coefficient (Wildman–Crippen LogP) is 3.42. The Bertz CT molecular complexity index is 511. The number of alkyl halides is 3. The topological polar surface area (TPSA) is 61.8 Å². The standard InChI is InChI=1S/C14H20F3N3O/c1-4-9(5-2)20(3)10-6-7-12(14(15,16)17)11(8-10)13(18)19-21/h6-9,21H,4-5H2,1-3H3,(H2,18,19). The van der Waals surface area contributed by atoms with E-state index >= 15 is 0 Å². The molecule has 0 radical (unpaired) electrons. The van der Waals surface area contributed by atoms with Gasteiger partial charge in [-0.15, -0.1) is 0 Å². The molecule has 118 valence electrons. The first-order valence-electron chi connectivity index (χ1n) is 6.68. The van der Waals surface area contributed by atoms with Crippen LogP contribution in [0.1, 0.15) is 37.8 Å². The molecule has 0 unspecified atom stereocenters. The number of hydrogen-bond acceptors (Lipinski definition) is 3. The Morgan fingerprint density at radius 2 is 1.90 bits per heavy atom. The van der Waals surface area contributed by atoms with E-state index in [0.29, 0.717) is 5.69 Å². The molecule has 7 heteroatoms. The minimum atomic E-state index is -4.56. The molecular formula is C14H20F3N3O. The zero-order valence-electron chi connectivity index (χ0n) is 12.3. The third kappa shape index (κ3) is 3.80. The molecule has 0 spiro atoms. The lowest BCUT2D eigenvalue weighted by molar-refractivity contribution is -0.137. The summed E-state index contributed by atoms with van der Waals surface area (Å²) < 4.78 is 38.9. The van der Waals surface area contributed by atoms with Crippen LogP contribution in [0.5, 0.6) is 0 Å². The van der Waals surface area contributed by atoms with Gasteiger partial charge in [0.2, 0.25) is 0 Å². The van der Waals surface area contributed by atoms with Crippen molar-refractivity contribution < 1.29 is 18.4 Å². The van der Waals surface area contributed by atoms with Gasteiger partial charge in [-0.25, -0.2) is 0 Å². The maximum Gasteiger partial charge on any atom is 0.417 e. The summed E-state index contributed by atoms with van der Waals surface area (Å²) in [6, 6.07) is 3.87. The number of amidine groups is 1. The van der Waals surface area contributed by atoms with E-state index in [-0.39, 0.29) is 11.6 Å². The number of rotatable bonds is 5. The summed E-state index contributed by atoms with van der Waals surface area (Å²) >= 11 is 0. The van der Waals surface area contributed by atoms with Gasteiger partial charge in [0.05, 0.1) is 5.56 Å². The van der Waals surface area contributed by atoms with E-state index < -0.39 is 17.6 Å². The largest absolute Gasteiger partial charge is 0.417 e. The van der Waals surface area contributed by atoms with E-state index in [0.717, 1.165) is 18.9 Å². The van der Waals surface area contributed by atoms with Crippen LogP contribution in [0.15, 0.2) is 23.4 Å². The highest BCUT2D eigenvalue weighted by atomic mass is 19.4. The Morgan fingerprint density at radius 3 is 2.33 bits per heavy atom. The number of oxime groups is 1. The molecule has 0 atom stereocenters. The van der Waals surface area contributed by atoms with Crippen molar-refractivity contribution in [1.82, 2.24) is 0 Å². The molecule has 0 saturated heterocycles. The summed E-state index contributed by atoms with van der Waals surface area (Å²) in [5.41, 5.74) is 4.74. The van der Waals surface area contributed by atoms with Crippen LogP contribution in [-0.2, 0) is 6.18 Å². The molecule has 0 aromatic heterocycles. The predicted molar refractivity (Wildman–Crippen MR) is 76.7 cm³/mol. The molecule has 0 aliphatic heterocycles. The highest BCUT2D eigenvalue weighted by molar-refractivity contribution is 5.99. The van der Waals surface area contributed by atoms with Crippen LogP contribution in [0, 0.1) is 0 Å². The van der Waals surface area contributed by atoms with E-state index in [1.54, 1.807) is 0 Å². The number of benzene rings is 1. The minimum absolute atomic E-state index is 0.210. The average molecular weight is 303 g/mol. The fraction of sp³-hybridized carbons (Fsp3) is 0.500. The second-order valence-corrected chi connectivity index (χ2v) is 4.79. The fourth-order valence-corrected chi connectivity index (χ4v) is 2.31. The summed E-state index contributed by atoms with van der Waals surface area (Å²) in [6.45, 7) is 4.03. The molecular weight excluding hydrogens is 283 g/mol. The summed E-state index contributed by atoms with van der Waals surface area (Å²) in [5, 5.41) is 11.4. The zero-order chi connectivity index (χ0) is 16.2. The third-order valence-corrected chi connectivity index (χ3v) is 3.59. The number of hydrogen-bond donors (Lipinski definition) is 2. The molecule has 0 aliphatic carbocycles. The van der Waals surface area contributed by atoms with E-state index in [2.05, 4.69) is 5.16 Å². The van der Waals surface area contributed by atoms with Crippen molar-refractivity contribution in [3.8, 4) is 0 Å². The maximum absolute atomic E-state index is 13.0. The average Bonchev–Trinajstić information content (AvgIpc) is 2.45. The molecule has 3 N–H and O–H groups in total. The second kappa shape index (κ2) is 6.69. The van der Waals surface area contributed by atoms with Crippen molar-refractivity contribution in [3.05, 3.63) is 29.3 Å². The molecule has 0 fully saturated rings. The summed E-state index contributed by atoms with van der Waals surface area (Å²) in [5.74, 6) is -0.554. The Kier molecular flexibility index (Phi) is 5.46. The van der Waals surface area contributed by atoms with Crippen molar-refractivity contribution in [2.45, 2.75) is 38.9 Å². The van der Waals surface area contributed by atoms with Crippen LogP contribution in [0.3, 0.4) is 0 Å². The van der Waals surface area contributed by atoms with Gasteiger partial charge in [0.1, 0.15) is 0 Å². The van der Waals surface area contributed by atoms with Crippen LogP contribution in [0.25, 0.3) is 0 Å². The number of nitrogens with two attached hydrogens (primary N) is 1. The van der Waals surface area contributed by atoms with Gasteiger partial charge in [-0.2, -0.15) is 13.2 Å². The second-order valence-electron chi connectivity index (χ2n) is 4.79. The van der Waals surface area contributed by atoms with E-state index in [1.807, 2.05) is 25.8 Å². The quantitative estimate of drug-likeness (QED) is 0.379. The number of nitrogens with zero attached hydrogens (tertiary/aromatic N) is 2. The van der Waals surface area contributed by atoms with E-state index in [1.165, 1.54) is 12.1 Å². The molecule has 4 nitrogen and oxygen atoms in total. The Morgan fingerprint density at radius 1 is 1.33 bits per heavy atom. The van der Waals surface area contributed by atoms with Crippen LogP contribution >= 0.6 is 0 Å². The minimum Gasteiger partial charge on any atom is -0.409 e. The van der Waals surface area contributed by atoms with Gasteiger partial charge >= 0.3 is 6.18 Å². The first-order chi connectivity index (χ1) is 9.76. The molecule has 0 aliphatic rings. The highest BCUT2D eigenvalue weighted by Crippen LogP contribution is 2.34. The number of anilines is 1. The van der Waals surface area contributed by atoms with Crippen molar-refractivity contribution in [1.29, 1.82) is 0 Å². The van der Waals surface area contributed by atoms with E-state index in [9.17, 15) is 13.2 Å². The monoisotopic (exact) mass is 303 g/mol. The highest BCUT2D eigenvalue weighted by Gasteiger charge is 2.34. The molecule has 21 heavy (non-hydrogen) atoms. The van der Waals surface area contributed by atoms with Crippen LogP contribution in [-0.4, -0.2) is 24.1 Å². The van der Waals surface area contributed by atoms with Gasteiger partial charge in [0.25, 0.3) is 0 Å². The molecule has 1 aromatic rings. The number of halogens is 3. The Labute approximate surface area is 122 Å². The van der Waals surface area contributed by atoms with Gasteiger partial charge < -0.3 is 15.8 Å². The lowest BCUT2D eigenvalue weighted by Crippen LogP contribution is -2.31. The maximum atomic E-state index is 13.0. The summed E-state index contributed by atoms with van der Waals surface area (Å²) in [4.78, 5) is 1.90. The molecule has 0 saturated carbocycles. The molecule has 0 amide bonds. The fourth-order valence-electron chi connectivity index (χ4n) is 2.31. The van der Waals surface area contributed by atoms with Crippen molar-refractivity contribution in [2.24, 2.45) is 10.9 Å².